The summed E-state index contributed by atoms with van der Waals surface area (Å²) in [6, 6.07) is 6.85. The fourth-order valence-electron chi connectivity index (χ4n) is 1.96. The summed E-state index contributed by atoms with van der Waals surface area (Å²) in [7, 11) is 1.97. The first-order valence-corrected chi connectivity index (χ1v) is 9.11. The third-order valence-corrected chi connectivity index (χ3v) is 4.43. The Morgan fingerprint density at radius 3 is 2.26 bits per heavy atom. The Morgan fingerprint density at radius 1 is 1.17 bits per heavy atom. The number of amides is 1. The summed E-state index contributed by atoms with van der Waals surface area (Å²) in [4.78, 5) is 14.0. The summed E-state index contributed by atoms with van der Waals surface area (Å²) in [5, 5.41) is 2.68. The molecule has 0 atom stereocenters. The van der Waals surface area contributed by atoms with Crippen molar-refractivity contribution < 1.29 is 17.9 Å². The summed E-state index contributed by atoms with van der Waals surface area (Å²) < 4.78 is 29.8. The summed E-state index contributed by atoms with van der Waals surface area (Å²) >= 11 is 0. The van der Waals surface area contributed by atoms with Gasteiger partial charge in [-0.15, -0.1) is 0 Å². The molecule has 0 heterocycles. The van der Waals surface area contributed by atoms with Crippen molar-refractivity contribution in [3.05, 3.63) is 24.3 Å². The van der Waals surface area contributed by atoms with E-state index in [0.29, 0.717) is 24.4 Å². The number of hydrogen-bond acceptors (Lipinski definition) is 5. The van der Waals surface area contributed by atoms with Gasteiger partial charge in [-0.3, -0.25) is 4.79 Å². The van der Waals surface area contributed by atoms with Crippen molar-refractivity contribution in [3.8, 4) is 5.75 Å². The van der Waals surface area contributed by atoms with E-state index in [1.165, 1.54) is 4.31 Å². The Morgan fingerprint density at radius 2 is 1.78 bits per heavy atom. The zero-order valence-corrected chi connectivity index (χ0v) is 14.9. The first-order valence-electron chi connectivity index (χ1n) is 7.26. The number of nitrogens with zero attached hydrogens (tertiary/aromatic N) is 2. The molecule has 0 saturated heterocycles. The second-order valence-corrected chi connectivity index (χ2v) is 7.51. The predicted octanol–water partition coefficient (Wildman–Crippen LogP) is 0.847. The van der Waals surface area contributed by atoms with Gasteiger partial charge in [0.1, 0.15) is 5.75 Å². The third-order valence-electron chi connectivity index (χ3n) is 3.18. The van der Waals surface area contributed by atoms with Gasteiger partial charge >= 0.3 is 0 Å². The standard InChI is InChI=1S/C15H25N3O4S/c1-17(2)10-5-11-18(23(4,20)21)12-15(19)16-13-6-8-14(22-3)9-7-13/h6-9H,5,10-12H2,1-4H3,(H,16,19). The second kappa shape index (κ2) is 8.85. The molecule has 0 aromatic heterocycles. The Labute approximate surface area is 138 Å². The number of nitrogens with one attached hydrogen (secondary N) is 1. The second-order valence-electron chi connectivity index (χ2n) is 5.53. The van der Waals surface area contributed by atoms with E-state index in [1.54, 1.807) is 31.4 Å². The maximum absolute atomic E-state index is 12.1. The topological polar surface area (TPSA) is 79.0 Å². The van der Waals surface area contributed by atoms with Gasteiger partial charge in [0, 0.05) is 12.2 Å². The lowest BCUT2D eigenvalue weighted by Crippen LogP contribution is -2.38. The molecule has 1 aromatic carbocycles. The number of ether oxygens (including phenoxy) is 1. The number of sulfonamides is 1. The molecule has 8 heteroatoms. The van der Waals surface area contributed by atoms with Crippen LogP contribution in [0.1, 0.15) is 6.42 Å². The minimum atomic E-state index is -3.43. The van der Waals surface area contributed by atoms with Gasteiger partial charge in [-0.05, 0) is 51.3 Å². The molecule has 0 aliphatic heterocycles. The molecule has 0 aliphatic carbocycles. The molecular weight excluding hydrogens is 318 g/mol. The van der Waals surface area contributed by atoms with E-state index in [1.807, 2.05) is 19.0 Å². The minimum absolute atomic E-state index is 0.196. The van der Waals surface area contributed by atoms with Crippen LogP contribution in [0.25, 0.3) is 0 Å². The van der Waals surface area contributed by atoms with Crippen molar-refractivity contribution in [1.82, 2.24) is 9.21 Å². The van der Waals surface area contributed by atoms with Crippen LogP contribution in [-0.2, 0) is 14.8 Å². The average molecular weight is 343 g/mol. The molecule has 0 aliphatic rings. The Bertz CT molecular complexity index is 600. The summed E-state index contributed by atoms with van der Waals surface area (Å²) in [5.74, 6) is 0.315. The van der Waals surface area contributed by atoms with E-state index in [-0.39, 0.29) is 12.5 Å². The lowest BCUT2D eigenvalue weighted by molar-refractivity contribution is -0.116. The molecule has 23 heavy (non-hydrogen) atoms. The van der Waals surface area contributed by atoms with Gasteiger partial charge in [-0.1, -0.05) is 0 Å². The lowest BCUT2D eigenvalue weighted by Gasteiger charge is -2.20. The molecule has 130 valence electrons. The number of benzene rings is 1. The Hall–Kier alpha value is -1.64. The van der Waals surface area contributed by atoms with Crippen molar-refractivity contribution in [2.75, 3.05) is 52.4 Å². The first kappa shape index (κ1) is 19.4. The fraction of sp³-hybridized carbons (Fsp3) is 0.533. The normalized spacial score (nSPS) is 11.7. The van der Waals surface area contributed by atoms with Crippen molar-refractivity contribution >= 4 is 21.6 Å². The molecule has 7 nitrogen and oxygen atoms in total. The highest BCUT2D eigenvalue weighted by Crippen LogP contribution is 2.15. The smallest absolute Gasteiger partial charge is 0.239 e. The van der Waals surface area contributed by atoms with Crippen LogP contribution in [0.5, 0.6) is 5.75 Å². The monoisotopic (exact) mass is 343 g/mol. The zero-order valence-electron chi connectivity index (χ0n) is 14.1. The quantitative estimate of drug-likeness (QED) is 0.719. The van der Waals surface area contributed by atoms with E-state index < -0.39 is 10.0 Å². The third kappa shape index (κ3) is 7.45. The van der Waals surface area contributed by atoms with Crippen LogP contribution in [0.2, 0.25) is 0 Å². The Balaban J connectivity index is 2.61. The van der Waals surface area contributed by atoms with Gasteiger partial charge in [-0.25, -0.2) is 8.42 Å². The van der Waals surface area contributed by atoms with Gasteiger partial charge in [0.25, 0.3) is 0 Å². The Kier molecular flexibility index (Phi) is 7.47. The maximum Gasteiger partial charge on any atom is 0.239 e. The summed E-state index contributed by atoms with van der Waals surface area (Å²) in [6.45, 7) is 0.872. The summed E-state index contributed by atoms with van der Waals surface area (Å²) in [5.41, 5.74) is 0.595. The van der Waals surface area contributed by atoms with Gasteiger partial charge in [0.2, 0.25) is 15.9 Å². The van der Waals surface area contributed by atoms with Crippen LogP contribution >= 0.6 is 0 Å². The van der Waals surface area contributed by atoms with E-state index in [9.17, 15) is 13.2 Å². The molecule has 1 rings (SSSR count). The van der Waals surface area contributed by atoms with Crippen LogP contribution in [-0.4, -0.2) is 70.6 Å². The highest BCUT2D eigenvalue weighted by Gasteiger charge is 2.19. The lowest BCUT2D eigenvalue weighted by atomic mass is 10.3. The maximum atomic E-state index is 12.1. The zero-order chi connectivity index (χ0) is 17.5. The molecule has 1 aromatic rings. The number of carbonyl (C=O) groups excluding carboxylic acids is 1. The molecule has 0 saturated carbocycles. The van der Waals surface area contributed by atoms with Gasteiger partial charge in [-0.2, -0.15) is 4.31 Å². The molecule has 0 unspecified atom stereocenters. The van der Waals surface area contributed by atoms with Gasteiger partial charge in [0.15, 0.2) is 0 Å². The predicted molar refractivity (Wildman–Crippen MR) is 91.2 cm³/mol. The van der Waals surface area contributed by atoms with Crippen LogP contribution in [0, 0.1) is 0 Å². The van der Waals surface area contributed by atoms with Crippen LogP contribution in [0.3, 0.4) is 0 Å². The van der Waals surface area contributed by atoms with E-state index >= 15 is 0 Å². The molecule has 1 N–H and O–H groups in total. The number of hydrogen-bond donors (Lipinski definition) is 1. The van der Waals surface area contributed by atoms with Crippen LogP contribution < -0.4 is 10.1 Å². The van der Waals surface area contributed by atoms with Crippen LogP contribution in [0.15, 0.2) is 24.3 Å². The molecule has 0 spiro atoms. The van der Waals surface area contributed by atoms with Crippen molar-refractivity contribution in [3.63, 3.8) is 0 Å². The number of rotatable bonds is 9. The minimum Gasteiger partial charge on any atom is -0.497 e. The molecule has 0 radical (unpaired) electrons. The summed E-state index contributed by atoms with van der Waals surface area (Å²) in [6.07, 6.45) is 1.78. The number of methoxy groups -OCH3 is 1. The highest BCUT2D eigenvalue weighted by molar-refractivity contribution is 7.88. The average Bonchev–Trinajstić information content (AvgIpc) is 2.45. The SMILES string of the molecule is COc1ccc(NC(=O)CN(CCCN(C)C)S(C)(=O)=O)cc1. The fourth-order valence-corrected chi connectivity index (χ4v) is 2.77. The van der Waals surface area contributed by atoms with Crippen molar-refractivity contribution in [2.45, 2.75) is 6.42 Å². The number of carbonyl (C=O) groups is 1. The molecule has 1 amide bonds. The highest BCUT2D eigenvalue weighted by atomic mass is 32.2. The largest absolute Gasteiger partial charge is 0.497 e. The van der Waals surface area contributed by atoms with E-state index in [2.05, 4.69) is 5.32 Å². The number of anilines is 1. The molecular formula is C15H25N3O4S. The molecule has 0 bridgehead atoms. The van der Waals surface area contributed by atoms with E-state index in [0.717, 1.165) is 12.8 Å². The van der Waals surface area contributed by atoms with Gasteiger partial charge in [0.05, 0.1) is 19.9 Å². The molecule has 0 fully saturated rings. The van der Waals surface area contributed by atoms with Crippen LogP contribution in [0.4, 0.5) is 5.69 Å². The van der Waals surface area contributed by atoms with Crippen molar-refractivity contribution in [2.24, 2.45) is 0 Å². The van der Waals surface area contributed by atoms with Crippen molar-refractivity contribution in [1.29, 1.82) is 0 Å². The first-order chi connectivity index (χ1) is 10.7. The van der Waals surface area contributed by atoms with E-state index in [4.69, 9.17) is 4.74 Å². The van der Waals surface area contributed by atoms with Gasteiger partial charge < -0.3 is 15.0 Å².